The zero-order valence-electron chi connectivity index (χ0n) is 13.1. The Morgan fingerprint density at radius 2 is 1.91 bits per heavy atom. The Balaban J connectivity index is 2.43. The van der Waals surface area contributed by atoms with Crippen LogP contribution in [0, 0.1) is 13.8 Å². The number of halogens is 1. The standard InChI is InChI=1S/C14H20ClN3O2S2/c1-5-17(6-2)22(19,20)14-10(3)16-18(11(14)4)9-12-7-8-13(15)21-12/h7-8H,5-6,9H2,1-4H3. The molecule has 2 rings (SSSR count). The van der Waals surface area contributed by atoms with Crippen molar-refractivity contribution >= 4 is 33.0 Å². The lowest BCUT2D eigenvalue weighted by atomic mass is 10.4. The van der Waals surface area contributed by atoms with Crippen molar-refractivity contribution in [3.05, 3.63) is 32.7 Å². The molecule has 2 heterocycles. The fraction of sp³-hybridized carbons (Fsp3) is 0.500. The SMILES string of the molecule is CCN(CC)S(=O)(=O)c1c(C)nn(Cc2ccc(Cl)s2)c1C. The molecule has 2 aromatic rings. The molecule has 0 aliphatic carbocycles. The highest BCUT2D eigenvalue weighted by Gasteiger charge is 2.29. The number of hydrogen-bond acceptors (Lipinski definition) is 4. The lowest BCUT2D eigenvalue weighted by Gasteiger charge is -2.18. The van der Waals surface area contributed by atoms with Crippen molar-refractivity contribution in [2.45, 2.75) is 39.1 Å². The fourth-order valence-corrected chi connectivity index (χ4v) is 5.39. The second kappa shape index (κ2) is 6.70. The van der Waals surface area contributed by atoms with Crippen LogP contribution in [0.25, 0.3) is 0 Å². The number of hydrogen-bond donors (Lipinski definition) is 0. The molecule has 0 spiro atoms. The maximum absolute atomic E-state index is 12.8. The largest absolute Gasteiger partial charge is 0.263 e. The molecule has 8 heteroatoms. The van der Waals surface area contributed by atoms with Crippen molar-refractivity contribution in [1.82, 2.24) is 14.1 Å². The molecule has 0 saturated carbocycles. The average Bonchev–Trinajstić information content (AvgIpc) is 2.95. The Morgan fingerprint density at radius 3 is 2.41 bits per heavy atom. The topological polar surface area (TPSA) is 55.2 Å². The van der Waals surface area contributed by atoms with Crippen molar-refractivity contribution in [3.63, 3.8) is 0 Å². The molecule has 122 valence electrons. The monoisotopic (exact) mass is 361 g/mol. The lowest BCUT2D eigenvalue weighted by Crippen LogP contribution is -2.31. The summed E-state index contributed by atoms with van der Waals surface area (Å²) in [7, 11) is -3.50. The van der Waals surface area contributed by atoms with Gasteiger partial charge in [-0.3, -0.25) is 4.68 Å². The van der Waals surface area contributed by atoms with Crippen LogP contribution in [0.5, 0.6) is 0 Å². The molecule has 5 nitrogen and oxygen atoms in total. The van der Waals surface area contributed by atoms with Crippen LogP contribution in [0.1, 0.15) is 30.1 Å². The van der Waals surface area contributed by atoms with E-state index in [1.807, 2.05) is 26.0 Å². The van der Waals surface area contributed by atoms with Gasteiger partial charge in [-0.25, -0.2) is 8.42 Å². The first-order valence-corrected chi connectivity index (χ1v) is 9.73. The van der Waals surface area contributed by atoms with Crippen LogP contribution in [0.3, 0.4) is 0 Å². The number of rotatable bonds is 6. The minimum absolute atomic E-state index is 0.318. The van der Waals surface area contributed by atoms with Gasteiger partial charge in [-0.15, -0.1) is 11.3 Å². The summed E-state index contributed by atoms with van der Waals surface area (Å²) in [6.45, 7) is 8.63. The maximum atomic E-state index is 12.8. The summed E-state index contributed by atoms with van der Waals surface area (Å²) in [6, 6.07) is 3.77. The van der Waals surface area contributed by atoms with Crippen LogP contribution in [-0.4, -0.2) is 35.6 Å². The van der Waals surface area contributed by atoms with Crippen molar-refractivity contribution in [1.29, 1.82) is 0 Å². The van der Waals surface area contributed by atoms with Gasteiger partial charge in [0.2, 0.25) is 10.0 Å². The molecule has 0 aromatic carbocycles. The first-order chi connectivity index (χ1) is 10.3. The van der Waals surface area contributed by atoms with Crippen LogP contribution in [0.4, 0.5) is 0 Å². The molecule has 0 aliphatic rings. The molecule has 0 aliphatic heterocycles. The lowest BCUT2D eigenvalue weighted by molar-refractivity contribution is 0.444. The maximum Gasteiger partial charge on any atom is 0.246 e. The zero-order chi connectivity index (χ0) is 16.5. The summed E-state index contributed by atoms with van der Waals surface area (Å²) in [4.78, 5) is 1.36. The van der Waals surface area contributed by atoms with Gasteiger partial charge < -0.3 is 0 Å². The highest BCUT2D eigenvalue weighted by Crippen LogP contribution is 2.26. The second-order valence-electron chi connectivity index (χ2n) is 4.95. The zero-order valence-corrected chi connectivity index (χ0v) is 15.5. The Hall–Kier alpha value is -0.890. The first kappa shape index (κ1) is 17.5. The Labute approximate surface area is 140 Å². The molecule has 0 unspecified atom stereocenters. The van der Waals surface area contributed by atoms with Crippen molar-refractivity contribution < 1.29 is 8.42 Å². The molecule has 0 radical (unpaired) electrons. The van der Waals surface area contributed by atoms with Gasteiger partial charge in [0.25, 0.3) is 0 Å². The summed E-state index contributed by atoms with van der Waals surface area (Å²) in [5.41, 5.74) is 1.20. The number of sulfonamides is 1. The Kier molecular flexibility index (Phi) is 5.32. The van der Waals surface area contributed by atoms with Crippen LogP contribution in [-0.2, 0) is 16.6 Å². The van der Waals surface area contributed by atoms with Crippen molar-refractivity contribution in [2.24, 2.45) is 0 Å². The Bertz CT molecular complexity index is 761. The van der Waals surface area contributed by atoms with E-state index in [1.165, 1.54) is 15.6 Å². The number of aryl methyl sites for hydroxylation is 1. The third-order valence-electron chi connectivity index (χ3n) is 3.55. The third-order valence-corrected chi connectivity index (χ3v) is 7.07. The molecule has 0 amide bonds. The minimum Gasteiger partial charge on any atom is -0.263 e. The highest BCUT2D eigenvalue weighted by atomic mass is 35.5. The smallest absolute Gasteiger partial charge is 0.246 e. The van der Waals surface area contributed by atoms with E-state index in [0.717, 1.165) is 4.88 Å². The molecule has 0 bridgehead atoms. The van der Waals surface area contributed by atoms with Gasteiger partial charge in [0, 0.05) is 18.0 Å². The van der Waals surface area contributed by atoms with E-state index in [0.29, 0.717) is 40.3 Å². The summed E-state index contributed by atoms with van der Waals surface area (Å²) in [6.07, 6.45) is 0. The molecular formula is C14H20ClN3O2S2. The van der Waals surface area contributed by atoms with E-state index in [9.17, 15) is 8.42 Å². The highest BCUT2D eigenvalue weighted by molar-refractivity contribution is 7.89. The van der Waals surface area contributed by atoms with Gasteiger partial charge in [0.15, 0.2) is 0 Å². The van der Waals surface area contributed by atoms with Gasteiger partial charge in [0.1, 0.15) is 4.90 Å². The quantitative estimate of drug-likeness (QED) is 0.793. The Morgan fingerprint density at radius 1 is 1.27 bits per heavy atom. The molecule has 0 N–H and O–H groups in total. The fourth-order valence-electron chi connectivity index (χ4n) is 2.48. The van der Waals surface area contributed by atoms with E-state index < -0.39 is 10.0 Å². The molecule has 0 fully saturated rings. The predicted octanol–water partition coefficient (Wildman–Crippen LogP) is 3.29. The predicted molar refractivity (Wildman–Crippen MR) is 90.2 cm³/mol. The number of aromatic nitrogens is 2. The average molecular weight is 362 g/mol. The van der Waals surface area contributed by atoms with Crippen LogP contribution in [0.15, 0.2) is 17.0 Å². The summed E-state index contributed by atoms with van der Waals surface area (Å²) >= 11 is 7.41. The number of thiophene rings is 1. The van der Waals surface area contributed by atoms with Crippen LogP contribution >= 0.6 is 22.9 Å². The minimum atomic E-state index is -3.50. The third kappa shape index (κ3) is 3.22. The molecule has 22 heavy (non-hydrogen) atoms. The van der Waals surface area contributed by atoms with Crippen molar-refractivity contribution in [2.75, 3.05) is 13.1 Å². The summed E-state index contributed by atoms with van der Waals surface area (Å²) in [5, 5.41) is 4.41. The first-order valence-electron chi connectivity index (χ1n) is 7.09. The molecule has 2 aromatic heterocycles. The summed E-state index contributed by atoms with van der Waals surface area (Å²) in [5.74, 6) is 0. The van der Waals surface area contributed by atoms with Crippen LogP contribution in [0.2, 0.25) is 4.34 Å². The van der Waals surface area contributed by atoms with Gasteiger partial charge in [-0.2, -0.15) is 9.40 Å². The van der Waals surface area contributed by atoms with Crippen molar-refractivity contribution in [3.8, 4) is 0 Å². The van der Waals surface area contributed by atoms with E-state index >= 15 is 0 Å². The summed E-state index contributed by atoms with van der Waals surface area (Å²) < 4.78 is 29.4. The van der Waals surface area contributed by atoms with Gasteiger partial charge in [0.05, 0.1) is 22.3 Å². The van der Waals surface area contributed by atoms with E-state index in [1.54, 1.807) is 18.5 Å². The normalized spacial score (nSPS) is 12.3. The molecular weight excluding hydrogens is 342 g/mol. The van der Waals surface area contributed by atoms with Crippen LogP contribution < -0.4 is 0 Å². The van der Waals surface area contributed by atoms with Gasteiger partial charge >= 0.3 is 0 Å². The van der Waals surface area contributed by atoms with Gasteiger partial charge in [-0.05, 0) is 26.0 Å². The van der Waals surface area contributed by atoms with E-state index in [2.05, 4.69) is 5.10 Å². The van der Waals surface area contributed by atoms with E-state index in [4.69, 9.17) is 11.6 Å². The van der Waals surface area contributed by atoms with E-state index in [-0.39, 0.29) is 0 Å². The number of nitrogens with zero attached hydrogens (tertiary/aromatic N) is 3. The van der Waals surface area contributed by atoms with Gasteiger partial charge in [-0.1, -0.05) is 25.4 Å². The molecule has 0 saturated heterocycles. The second-order valence-corrected chi connectivity index (χ2v) is 8.63. The molecule has 0 atom stereocenters.